The minimum atomic E-state index is -4.13. The van der Waals surface area contributed by atoms with E-state index in [4.69, 9.17) is 14.2 Å². The molecule has 9 heteroatoms. The molecular formula is C26H30N2O6S. The van der Waals surface area contributed by atoms with E-state index in [1.165, 1.54) is 32.4 Å². The number of nitrogens with zero attached hydrogens (tertiary/aromatic N) is 1. The molecule has 8 nitrogen and oxygen atoms in total. The van der Waals surface area contributed by atoms with Gasteiger partial charge in [0, 0.05) is 17.8 Å². The van der Waals surface area contributed by atoms with Crippen LogP contribution in [0.4, 0.5) is 11.4 Å². The molecule has 0 bridgehead atoms. The Labute approximate surface area is 206 Å². The summed E-state index contributed by atoms with van der Waals surface area (Å²) in [5.74, 6) is 0.758. The number of ether oxygens (including phenoxy) is 3. The van der Waals surface area contributed by atoms with E-state index in [1.807, 2.05) is 20.8 Å². The highest BCUT2D eigenvalue weighted by Crippen LogP contribution is 2.35. The van der Waals surface area contributed by atoms with Crippen molar-refractivity contribution in [1.82, 2.24) is 0 Å². The average Bonchev–Trinajstić information content (AvgIpc) is 2.82. The fourth-order valence-corrected chi connectivity index (χ4v) is 4.80. The molecule has 0 atom stereocenters. The number of sulfonamides is 1. The molecule has 0 aromatic heterocycles. The largest absolute Gasteiger partial charge is 0.497 e. The molecule has 0 aliphatic carbocycles. The van der Waals surface area contributed by atoms with Gasteiger partial charge in [-0.1, -0.05) is 23.8 Å². The second kappa shape index (κ2) is 11.1. The molecule has 186 valence electrons. The lowest BCUT2D eigenvalue weighted by Gasteiger charge is -2.26. The third-order valence-electron chi connectivity index (χ3n) is 5.04. The van der Waals surface area contributed by atoms with E-state index in [2.05, 4.69) is 5.32 Å². The van der Waals surface area contributed by atoms with Crippen molar-refractivity contribution in [3.63, 3.8) is 0 Å². The Kier molecular flexibility index (Phi) is 8.24. The second-order valence-corrected chi connectivity index (χ2v) is 9.97. The topological polar surface area (TPSA) is 94.2 Å². The summed E-state index contributed by atoms with van der Waals surface area (Å²) in [7, 11) is -1.22. The lowest BCUT2D eigenvalue weighted by Crippen LogP contribution is -2.38. The molecule has 0 saturated carbocycles. The van der Waals surface area contributed by atoms with Crippen LogP contribution < -0.4 is 23.8 Å². The SMILES string of the molecule is COc1ccc(OC)c(N(CC(=O)Nc2cccc(OC(C)C)c2)S(=O)(=O)c2ccc(C)cc2)c1. The number of nitrogens with one attached hydrogen (secondary N) is 1. The van der Waals surface area contributed by atoms with E-state index < -0.39 is 22.5 Å². The first-order chi connectivity index (χ1) is 16.6. The van der Waals surface area contributed by atoms with E-state index in [0.29, 0.717) is 17.2 Å². The van der Waals surface area contributed by atoms with Crippen LogP contribution >= 0.6 is 0 Å². The molecule has 0 aliphatic heterocycles. The summed E-state index contributed by atoms with van der Waals surface area (Å²) in [6.07, 6.45) is -0.0309. The minimum absolute atomic E-state index is 0.0309. The zero-order chi connectivity index (χ0) is 25.6. The standard InChI is InChI=1S/C26H30N2O6S/c1-18(2)34-22-8-6-7-20(15-22)27-26(29)17-28(24-16-21(32-4)11-14-25(24)33-5)35(30,31)23-12-9-19(3)10-13-23/h6-16,18H,17H2,1-5H3,(H,27,29). The molecule has 0 saturated heterocycles. The maximum Gasteiger partial charge on any atom is 0.264 e. The normalized spacial score (nSPS) is 11.1. The molecule has 0 radical (unpaired) electrons. The molecule has 0 fully saturated rings. The quantitative estimate of drug-likeness (QED) is 0.438. The molecule has 0 aliphatic rings. The summed E-state index contributed by atoms with van der Waals surface area (Å²) in [4.78, 5) is 13.1. The first kappa shape index (κ1) is 25.9. The summed E-state index contributed by atoms with van der Waals surface area (Å²) in [5.41, 5.74) is 1.58. The molecule has 35 heavy (non-hydrogen) atoms. The van der Waals surface area contributed by atoms with Gasteiger partial charge in [-0.05, 0) is 57.2 Å². The number of rotatable bonds is 10. The highest BCUT2D eigenvalue weighted by atomic mass is 32.2. The van der Waals surface area contributed by atoms with Crippen molar-refractivity contribution in [2.24, 2.45) is 0 Å². The Bertz CT molecular complexity index is 1270. The van der Waals surface area contributed by atoms with Gasteiger partial charge in [-0.3, -0.25) is 9.10 Å². The molecule has 0 spiro atoms. The first-order valence-corrected chi connectivity index (χ1v) is 12.5. The summed E-state index contributed by atoms with van der Waals surface area (Å²) in [6, 6.07) is 18.1. The average molecular weight is 499 g/mol. The van der Waals surface area contributed by atoms with E-state index in [-0.39, 0.29) is 22.4 Å². The van der Waals surface area contributed by atoms with Crippen LogP contribution in [0.3, 0.4) is 0 Å². The summed E-state index contributed by atoms with van der Waals surface area (Å²) in [5, 5.41) is 2.76. The van der Waals surface area contributed by atoms with E-state index >= 15 is 0 Å². The monoisotopic (exact) mass is 498 g/mol. The van der Waals surface area contributed by atoms with E-state index in [0.717, 1.165) is 9.87 Å². The maximum atomic E-state index is 13.7. The lowest BCUT2D eigenvalue weighted by molar-refractivity contribution is -0.114. The molecular weight excluding hydrogens is 468 g/mol. The Morgan fingerprint density at radius 1 is 0.943 bits per heavy atom. The highest BCUT2D eigenvalue weighted by molar-refractivity contribution is 7.92. The van der Waals surface area contributed by atoms with Gasteiger partial charge in [0.25, 0.3) is 10.0 Å². The van der Waals surface area contributed by atoms with Crippen LogP contribution in [0.5, 0.6) is 17.2 Å². The number of hydrogen-bond acceptors (Lipinski definition) is 6. The lowest BCUT2D eigenvalue weighted by atomic mass is 10.2. The number of carbonyl (C=O) groups excluding carboxylic acids is 1. The summed E-state index contributed by atoms with van der Waals surface area (Å²) >= 11 is 0. The van der Waals surface area contributed by atoms with E-state index in [1.54, 1.807) is 48.5 Å². The van der Waals surface area contributed by atoms with Gasteiger partial charge in [0.05, 0.1) is 30.9 Å². The van der Waals surface area contributed by atoms with Gasteiger partial charge in [-0.25, -0.2) is 8.42 Å². The van der Waals surface area contributed by atoms with Crippen molar-refractivity contribution in [3.05, 3.63) is 72.3 Å². The Hall–Kier alpha value is -3.72. The predicted octanol–water partition coefficient (Wildman–Crippen LogP) is 4.63. The Morgan fingerprint density at radius 3 is 2.29 bits per heavy atom. The third kappa shape index (κ3) is 6.45. The zero-order valence-electron chi connectivity index (χ0n) is 20.4. The van der Waals surface area contributed by atoms with Crippen molar-refractivity contribution >= 4 is 27.3 Å². The van der Waals surface area contributed by atoms with E-state index in [9.17, 15) is 13.2 Å². The van der Waals surface area contributed by atoms with Crippen molar-refractivity contribution in [2.75, 3.05) is 30.4 Å². The fourth-order valence-electron chi connectivity index (χ4n) is 3.38. The van der Waals surface area contributed by atoms with Gasteiger partial charge in [-0.15, -0.1) is 0 Å². The van der Waals surface area contributed by atoms with Gasteiger partial charge in [0.2, 0.25) is 5.91 Å². The summed E-state index contributed by atoms with van der Waals surface area (Å²) < 4.78 is 44.8. The van der Waals surface area contributed by atoms with Crippen molar-refractivity contribution in [2.45, 2.75) is 31.8 Å². The van der Waals surface area contributed by atoms with Gasteiger partial charge in [0.1, 0.15) is 23.8 Å². The number of anilines is 2. The molecule has 3 aromatic carbocycles. The molecule has 3 aromatic rings. The zero-order valence-corrected chi connectivity index (χ0v) is 21.3. The van der Waals surface area contributed by atoms with Crippen molar-refractivity contribution in [3.8, 4) is 17.2 Å². The summed E-state index contributed by atoms with van der Waals surface area (Å²) in [6.45, 7) is 5.18. The number of benzene rings is 3. The van der Waals surface area contributed by atoms with Gasteiger partial charge in [0.15, 0.2) is 0 Å². The van der Waals surface area contributed by atoms with Gasteiger partial charge < -0.3 is 19.5 Å². The third-order valence-corrected chi connectivity index (χ3v) is 6.81. The number of amides is 1. The smallest absolute Gasteiger partial charge is 0.264 e. The van der Waals surface area contributed by atoms with Crippen LogP contribution in [0.25, 0.3) is 0 Å². The minimum Gasteiger partial charge on any atom is -0.497 e. The predicted molar refractivity (Wildman–Crippen MR) is 136 cm³/mol. The highest BCUT2D eigenvalue weighted by Gasteiger charge is 2.30. The molecule has 3 rings (SSSR count). The van der Waals surface area contributed by atoms with Gasteiger partial charge >= 0.3 is 0 Å². The number of hydrogen-bond donors (Lipinski definition) is 1. The molecule has 1 amide bonds. The van der Waals surface area contributed by atoms with Crippen LogP contribution in [0, 0.1) is 6.92 Å². The van der Waals surface area contributed by atoms with Crippen LogP contribution in [-0.4, -0.2) is 41.2 Å². The van der Waals surface area contributed by atoms with Crippen LogP contribution in [-0.2, 0) is 14.8 Å². The molecule has 1 N–H and O–H groups in total. The molecule has 0 unspecified atom stereocenters. The fraction of sp³-hybridized carbons (Fsp3) is 0.269. The Morgan fingerprint density at radius 2 is 1.66 bits per heavy atom. The van der Waals surface area contributed by atoms with Crippen LogP contribution in [0.1, 0.15) is 19.4 Å². The first-order valence-electron chi connectivity index (χ1n) is 11.0. The van der Waals surface area contributed by atoms with Crippen molar-refractivity contribution in [1.29, 1.82) is 0 Å². The number of aryl methyl sites for hydroxylation is 1. The van der Waals surface area contributed by atoms with Crippen molar-refractivity contribution < 1.29 is 27.4 Å². The second-order valence-electron chi connectivity index (χ2n) is 8.11. The van der Waals surface area contributed by atoms with Gasteiger partial charge in [-0.2, -0.15) is 0 Å². The maximum absolute atomic E-state index is 13.7. The van der Waals surface area contributed by atoms with Crippen LogP contribution in [0.15, 0.2) is 71.6 Å². The Balaban J connectivity index is 1.99. The number of methoxy groups -OCH3 is 2. The van der Waals surface area contributed by atoms with Crippen LogP contribution in [0.2, 0.25) is 0 Å². The number of carbonyl (C=O) groups is 1. The molecule has 0 heterocycles.